The lowest BCUT2D eigenvalue weighted by Crippen LogP contribution is -2.27. The van der Waals surface area contributed by atoms with Crippen molar-refractivity contribution in [3.8, 4) is 0 Å². The molecule has 2 heterocycles. The zero-order valence-electron chi connectivity index (χ0n) is 18.4. The number of nitrogen functional groups attached to an aromatic ring is 1. The number of nitrogens with two attached hydrogens (primary N) is 1. The molecule has 0 saturated heterocycles. The summed E-state index contributed by atoms with van der Waals surface area (Å²) in [5.41, 5.74) is 9.08. The number of fused-ring (bicyclic) bond motifs is 1. The van der Waals surface area contributed by atoms with E-state index in [1.54, 1.807) is 18.5 Å². The second kappa shape index (κ2) is 8.18. The first-order chi connectivity index (χ1) is 15.2. The van der Waals surface area contributed by atoms with Crippen molar-refractivity contribution in [1.82, 2.24) is 19.7 Å². The lowest BCUT2D eigenvalue weighted by molar-refractivity contribution is 0.0522. The van der Waals surface area contributed by atoms with Crippen LogP contribution in [0.5, 0.6) is 0 Å². The molecule has 0 amide bonds. The number of carbonyl (C=O) groups is 1. The van der Waals surface area contributed by atoms with E-state index in [1.165, 1.54) is 4.68 Å². The summed E-state index contributed by atoms with van der Waals surface area (Å²) >= 11 is 0. The van der Waals surface area contributed by atoms with Crippen molar-refractivity contribution in [2.24, 2.45) is 0 Å². The maximum Gasteiger partial charge on any atom is 0.435 e. The molecule has 0 aliphatic rings. The van der Waals surface area contributed by atoms with Gasteiger partial charge in [0, 0.05) is 34.2 Å². The predicted octanol–water partition coefficient (Wildman–Crippen LogP) is 4.99. The Morgan fingerprint density at radius 2 is 1.84 bits per heavy atom. The van der Waals surface area contributed by atoms with Crippen LogP contribution in [0.4, 0.5) is 33.6 Å². The Morgan fingerprint density at radius 1 is 1.06 bits per heavy atom. The molecule has 4 rings (SSSR count). The fourth-order valence-electron chi connectivity index (χ4n) is 3.07. The molecule has 4 aromatic rings. The summed E-state index contributed by atoms with van der Waals surface area (Å²) in [6.07, 6.45) is 2.84. The minimum absolute atomic E-state index is 0.431. The molecule has 2 aromatic heterocycles. The normalized spacial score (nSPS) is 11.4. The van der Waals surface area contributed by atoms with E-state index in [2.05, 4.69) is 25.7 Å². The van der Waals surface area contributed by atoms with Crippen molar-refractivity contribution >= 4 is 45.8 Å². The molecule has 0 saturated carbocycles. The van der Waals surface area contributed by atoms with Crippen LogP contribution >= 0.6 is 0 Å². The fraction of sp³-hybridized carbons (Fsp3) is 0.217. The van der Waals surface area contributed by atoms with Gasteiger partial charge in [0.15, 0.2) is 0 Å². The van der Waals surface area contributed by atoms with E-state index in [0.29, 0.717) is 23.0 Å². The van der Waals surface area contributed by atoms with Crippen LogP contribution in [0, 0.1) is 6.92 Å². The van der Waals surface area contributed by atoms with E-state index in [9.17, 15) is 4.79 Å². The van der Waals surface area contributed by atoms with Crippen molar-refractivity contribution in [2.75, 3.05) is 16.4 Å². The monoisotopic (exact) mass is 431 g/mol. The molecule has 0 bridgehead atoms. The second-order valence-electron chi connectivity index (χ2n) is 8.41. The van der Waals surface area contributed by atoms with E-state index in [-0.39, 0.29) is 0 Å². The van der Waals surface area contributed by atoms with Crippen LogP contribution < -0.4 is 16.4 Å². The molecule has 0 atom stereocenters. The summed E-state index contributed by atoms with van der Waals surface area (Å²) in [5, 5.41) is 11.4. The highest BCUT2D eigenvalue weighted by Gasteiger charge is 2.20. The molecule has 9 heteroatoms. The van der Waals surface area contributed by atoms with Crippen molar-refractivity contribution in [2.45, 2.75) is 33.3 Å². The third-order valence-corrected chi connectivity index (χ3v) is 4.51. The second-order valence-corrected chi connectivity index (χ2v) is 8.41. The van der Waals surface area contributed by atoms with Crippen LogP contribution in [0.15, 0.2) is 54.9 Å². The number of aromatic nitrogens is 4. The van der Waals surface area contributed by atoms with E-state index in [0.717, 1.165) is 22.3 Å². The summed E-state index contributed by atoms with van der Waals surface area (Å²) in [5.74, 6) is 1.10. The Morgan fingerprint density at radius 3 is 2.59 bits per heavy atom. The van der Waals surface area contributed by atoms with Crippen LogP contribution in [0.1, 0.15) is 26.3 Å². The van der Waals surface area contributed by atoms with Crippen LogP contribution in [0.25, 0.3) is 10.9 Å². The van der Waals surface area contributed by atoms with Crippen molar-refractivity contribution in [1.29, 1.82) is 0 Å². The van der Waals surface area contributed by atoms with Gasteiger partial charge >= 0.3 is 6.09 Å². The maximum absolute atomic E-state index is 12.4. The van der Waals surface area contributed by atoms with Gasteiger partial charge in [0.25, 0.3) is 0 Å². The zero-order valence-corrected chi connectivity index (χ0v) is 18.4. The summed E-state index contributed by atoms with van der Waals surface area (Å²) in [7, 11) is 0. The van der Waals surface area contributed by atoms with Gasteiger partial charge in [0.05, 0.1) is 11.7 Å². The Bertz CT molecular complexity index is 1290. The number of nitrogens with one attached hydrogen (secondary N) is 2. The van der Waals surface area contributed by atoms with Crippen LogP contribution in [-0.2, 0) is 4.74 Å². The lowest BCUT2D eigenvalue weighted by Gasteiger charge is -2.19. The summed E-state index contributed by atoms with van der Waals surface area (Å²) < 4.78 is 6.66. The predicted molar refractivity (Wildman–Crippen MR) is 126 cm³/mol. The first-order valence-electron chi connectivity index (χ1n) is 10.1. The van der Waals surface area contributed by atoms with Gasteiger partial charge in [-0.25, -0.2) is 9.78 Å². The van der Waals surface area contributed by atoms with Gasteiger partial charge < -0.3 is 21.1 Å². The lowest BCUT2D eigenvalue weighted by atomic mass is 10.2. The number of hydrogen-bond donors (Lipinski definition) is 3. The van der Waals surface area contributed by atoms with E-state index >= 15 is 0 Å². The molecule has 2 aromatic carbocycles. The number of anilines is 5. The number of rotatable bonds is 4. The summed E-state index contributed by atoms with van der Waals surface area (Å²) in [6, 6.07) is 13.0. The smallest absolute Gasteiger partial charge is 0.435 e. The third-order valence-electron chi connectivity index (χ3n) is 4.51. The standard InChI is InChI=1S/C23H25N7O2/c1-14-12-25-21(29-20(14)27-17-7-5-6-16(24)11-17)28-18-8-9-19-15(10-18)13-26-30(19)22(31)32-23(2,3)4/h5-13H,24H2,1-4H3,(H2,25,27,28,29). The average molecular weight is 432 g/mol. The van der Waals surface area contributed by atoms with Crippen molar-refractivity contribution < 1.29 is 9.53 Å². The first kappa shape index (κ1) is 21.1. The highest BCUT2D eigenvalue weighted by atomic mass is 16.6. The third kappa shape index (κ3) is 4.77. The van der Waals surface area contributed by atoms with Gasteiger partial charge in [0.2, 0.25) is 5.95 Å². The largest absolute Gasteiger partial charge is 0.442 e. The molecular weight excluding hydrogens is 406 g/mol. The average Bonchev–Trinajstić information content (AvgIpc) is 3.13. The zero-order chi connectivity index (χ0) is 22.9. The Balaban J connectivity index is 1.55. The highest BCUT2D eigenvalue weighted by molar-refractivity contribution is 5.90. The van der Waals surface area contributed by atoms with Crippen molar-refractivity contribution in [3.05, 3.63) is 60.4 Å². The number of aryl methyl sites for hydroxylation is 1. The molecule has 0 fully saturated rings. The molecule has 0 aliphatic carbocycles. The van der Waals surface area contributed by atoms with Gasteiger partial charge in [-0.2, -0.15) is 14.8 Å². The summed E-state index contributed by atoms with van der Waals surface area (Å²) in [4.78, 5) is 21.3. The molecule has 0 unspecified atom stereocenters. The van der Waals surface area contributed by atoms with E-state index in [1.807, 2.05) is 64.1 Å². The topological polar surface area (TPSA) is 120 Å². The molecular formula is C23H25N7O2. The van der Waals surface area contributed by atoms with Crippen LogP contribution in [0.3, 0.4) is 0 Å². The molecule has 164 valence electrons. The van der Waals surface area contributed by atoms with Crippen molar-refractivity contribution in [3.63, 3.8) is 0 Å². The van der Waals surface area contributed by atoms with Gasteiger partial charge in [-0.05, 0) is 64.1 Å². The maximum atomic E-state index is 12.4. The number of hydrogen-bond acceptors (Lipinski definition) is 8. The molecule has 0 spiro atoms. The SMILES string of the molecule is Cc1cnc(Nc2ccc3c(cnn3C(=O)OC(C)(C)C)c2)nc1Nc1cccc(N)c1. The van der Waals surface area contributed by atoms with Crippen LogP contribution in [-0.4, -0.2) is 31.4 Å². The van der Waals surface area contributed by atoms with E-state index in [4.69, 9.17) is 10.5 Å². The Labute approximate surface area is 185 Å². The minimum atomic E-state index is -0.600. The number of ether oxygens (including phenoxy) is 1. The first-order valence-corrected chi connectivity index (χ1v) is 10.1. The molecule has 4 N–H and O–H groups in total. The number of nitrogens with zero attached hydrogens (tertiary/aromatic N) is 4. The molecule has 0 radical (unpaired) electrons. The van der Waals surface area contributed by atoms with Gasteiger partial charge in [-0.15, -0.1) is 0 Å². The van der Waals surface area contributed by atoms with Gasteiger partial charge in [-0.1, -0.05) is 6.07 Å². The quantitative estimate of drug-likeness (QED) is 0.387. The van der Waals surface area contributed by atoms with Gasteiger partial charge in [0.1, 0.15) is 11.4 Å². The Hall–Kier alpha value is -4.14. The molecule has 9 nitrogen and oxygen atoms in total. The number of benzene rings is 2. The van der Waals surface area contributed by atoms with Crippen LogP contribution in [0.2, 0.25) is 0 Å². The Kier molecular flexibility index (Phi) is 5.40. The highest BCUT2D eigenvalue weighted by Crippen LogP contribution is 2.24. The summed E-state index contributed by atoms with van der Waals surface area (Å²) in [6.45, 7) is 7.37. The van der Waals surface area contributed by atoms with Gasteiger partial charge in [-0.3, -0.25) is 0 Å². The molecule has 0 aliphatic heterocycles. The van der Waals surface area contributed by atoms with E-state index < -0.39 is 11.7 Å². The number of carbonyl (C=O) groups excluding carboxylic acids is 1. The molecule has 32 heavy (non-hydrogen) atoms. The fourth-order valence-corrected chi connectivity index (χ4v) is 3.07. The minimum Gasteiger partial charge on any atom is -0.442 e.